The number of pyridine rings is 1. The van der Waals surface area contributed by atoms with Gasteiger partial charge < -0.3 is 0 Å². The Kier molecular flexibility index (Phi) is 5.27. The maximum Gasteiger partial charge on any atom is 0.220 e. The number of hydrogen-bond donors (Lipinski definition) is 0. The van der Waals surface area contributed by atoms with Gasteiger partial charge in [-0.25, -0.2) is 4.57 Å². The van der Waals surface area contributed by atoms with Crippen molar-refractivity contribution in [3.63, 3.8) is 0 Å². The summed E-state index contributed by atoms with van der Waals surface area (Å²) in [5.41, 5.74) is 8.46. The van der Waals surface area contributed by atoms with Gasteiger partial charge in [0.15, 0.2) is 6.20 Å². The highest BCUT2D eigenvalue weighted by Crippen LogP contribution is 2.36. The minimum Gasteiger partial charge on any atom is -0.200 e. The third-order valence-corrected chi connectivity index (χ3v) is 6.85. The van der Waals surface area contributed by atoms with E-state index in [1.807, 2.05) is 0 Å². The van der Waals surface area contributed by atoms with Gasteiger partial charge in [-0.1, -0.05) is 51.3 Å². The highest BCUT2D eigenvalue weighted by molar-refractivity contribution is 5.94. The topological polar surface area (TPSA) is 3.88 Å². The van der Waals surface area contributed by atoms with Crippen LogP contribution in [0.4, 0.5) is 0 Å². The summed E-state index contributed by atoms with van der Waals surface area (Å²) in [6, 6.07) is 14.3. The first-order valence-corrected chi connectivity index (χ1v) is 11.0. The van der Waals surface area contributed by atoms with E-state index in [0.717, 1.165) is 5.92 Å². The van der Waals surface area contributed by atoms with E-state index < -0.39 is 0 Å². The van der Waals surface area contributed by atoms with Crippen LogP contribution in [0, 0.1) is 13.8 Å². The molecule has 2 aromatic carbocycles. The molecule has 0 unspecified atom stereocenters. The van der Waals surface area contributed by atoms with Crippen molar-refractivity contribution in [2.45, 2.75) is 71.6 Å². The molecule has 4 rings (SSSR count). The van der Waals surface area contributed by atoms with Crippen LogP contribution in [0.1, 0.15) is 80.0 Å². The standard InChI is InChI=1S/C27H34N/c1-18(2)24-15-19(3)20(4)26(17-24)27-25-12-11-22(21-9-7-6-8-10-21)16-23(25)13-14-28(27)5/h11-18,21H,6-10H2,1-5H3/q+1. The number of benzene rings is 2. The molecule has 1 nitrogen and oxygen atoms in total. The van der Waals surface area contributed by atoms with Gasteiger partial charge in [0.1, 0.15) is 7.05 Å². The van der Waals surface area contributed by atoms with E-state index in [1.165, 1.54) is 76.4 Å². The predicted octanol–water partition coefficient (Wildman–Crippen LogP) is 7.12. The average Bonchev–Trinajstić information content (AvgIpc) is 2.70. The van der Waals surface area contributed by atoms with Crippen LogP contribution in [-0.2, 0) is 7.05 Å². The molecule has 0 radical (unpaired) electrons. The van der Waals surface area contributed by atoms with Crippen LogP contribution in [0.25, 0.3) is 22.0 Å². The molecule has 0 bridgehead atoms. The SMILES string of the molecule is Cc1cc(C(C)C)cc(-c2c3ccc(C4CCCCC4)cc3cc[n+]2C)c1C. The molecule has 1 saturated carbocycles. The summed E-state index contributed by atoms with van der Waals surface area (Å²) in [5, 5.41) is 2.75. The van der Waals surface area contributed by atoms with Crippen molar-refractivity contribution in [2.24, 2.45) is 7.05 Å². The number of nitrogens with zero attached hydrogens (tertiary/aromatic N) is 1. The molecular formula is C27H34N+. The second-order valence-electron chi connectivity index (χ2n) is 9.12. The zero-order valence-corrected chi connectivity index (χ0v) is 18.2. The number of aryl methyl sites for hydroxylation is 2. The quantitative estimate of drug-likeness (QED) is 0.431. The zero-order chi connectivity index (χ0) is 19.8. The third kappa shape index (κ3) is 3.48. The summed E-state index contributed by atoms with van der Waals surface area (Å²) in [7, 11) is 2.18. The van der Waals surface area contributed by atoms with Crippen LogP contribution in [-0.4, -0.2) is 0 Å². The molecule has 1 aromatic heterocycles. The molecule has 28 heavy (non-hydrogen) atoms. The third-order valence-electron chi connectivity index (χ3n) is 6.85. The summed E-state index contributed by atoms with van der Waals surface area (Å²) < 4.78 is 2.30. The Morgan fingerprint density at radius 1 is 0.929 bits per heavy atom. The molecule has 1 aliphatic rings. The molecule has 0 atom stereocenters. The molecule has 146 valence electrons. The number of fused-ring (bicyclic) bond motifs is 1. The fraction of sp³-hybridized carbons (Fsp3) is 0.444. The van der Waals surface area contributed by atoms with Crippen LogP contribution in [0.3, 0.4) is 0 Å². The van der Waals surface area contributed by atoms with Crippen molar-refractivity contribution in [3.05, 3.63) is 64.8 Å². The smallest absolute Gasteiger partial charge is 0.200 e. The van der Waals surface area contributed by atoms with E-state index in [4.69, 9.17) is 0 Å². The van der Waals surface area contributed by atoms with E-state index in [1.54, 1.807) is 0 Å². The fourth-order valence-electron chi connectivity index (χ4n) is 4.88. The van der Waals surface area contributed by atoms with Crippen molar-refractivity contribution in [1.82, 2.24) is 0 Å². The monoisotopic (exact) mass is 372 g/mol. The summed E-state index contributed by atoms with van der Waals surface area (Å²) >= 11 is 0. The second kappa shape index (κ2) is 7.70. The predicted molar refractivity (Wildman–Crippen MR) is 120 cm³/mol. The molecule has 1 heteroatoms. The lowest BCUT2D eigenvalue weighted by molar-refractivity contribution is -0.659. The number of hydrogen-bond acceptors (Lipinski definition) is 0. The van der Waals surface area contributed by atoms with Crippen molar-refractivity contribution in [1.29, 1.82) is 0 Å². The van der Waals surface area contributed by atoms with Crippen molar-refractivity contribution in [3.8, 4) is 11.3 Å². The Bertz CT molecular complexity index is 1010. The van der Waals surface area contributed by atoms with Crippen LogP contribution >= 0.6 is 0 Å². The van der Waals surface area contributed by atoms with Crippen LogP contribution in [0.5, 0.6) is 0 Å². The minimum atomic E-state index is 0.538. The number of rotatable bonds is 3. The van der Waals surface area contributed by atoms with Gasteiger partial charge in [0.2, 0.25) is 5.69 Å². The largest absolute Gasteiger partial charge is 0.220 e. The average molecular weight is 373 g/mol. The Balaban J connectivity index is 1.89. The van der Waals surface area contributed by atoms with Crippen LogP contribution in [0.2, 0.25) is 0 Å². The Morgan fingerprint density at radius 3 is 2.39 bits per heavy atom. The Labute approximate surface area is 170 Å². The lowest BCUT2D eigenvalue weighted by Gasteiger charge is -2.22. The molecule has 1 fully saturated rings. The van der Waals surface area contributed by atoms with Crippen LogP contribution in [0.15, 0.2) is 42.6 Å². The van der Waals surface area contributed by atoms with E-state index in [9.17, 15) is 0 Å². The van der Waals surface area contributed by atoms with E-state index in [2.05, 4.69) is 81.9 Å². The molecule has 0 amide bonds. The fourth-order valence-corrected chi connectivity index (χ4v) is 4.88. The maximum atomic E-state index is 2.46. The number of aromatic nitrogens is 1. The first kappa shape index (κ1) is 19.2. The Hall–Kier alpha value is -2.15. The van der Waals surface area contributed by atoms with Crippen LogP contribution < -0.4 is 4.57 Å². The normalized spacial score (nSPS) is 15.5. The minimum absolute atomic E-state index is 0.538. The second-order valence-corrected chi connectivity index (χ2v) is 9.12. The summed E-state index contributed by atoms with van der Waals surface area (Å²) in [6.45, 7) is 9.09. The summed E-state index contributed by atoms with van der Waals surface area (Å²) in [4.78, 5) is 0. The van der Waals surface area contributed by atoms with Gasteiger partial charge in [-0.3, -0.25) is 0 Å². The highest BCUT2D eigenvalue weighted by atomic mass is 14.9. The van der Waals surface area contributed by atoms with E-state index >= 15 is 0 Å². The molecule has 0 spiro atoms. The summed E-state index contributed by atoms with van der Waals surface area (Å²) in [6.07, 6.45) is 9.13. The Morgan fingerprint density at radius 2 is 1.68 bits per heavy atom. The van der Waals surface area contributed by atoms with E-state index in [0.29, 0.717) is 5.92 Å². The van der Waals surface area contributed by atoms with Gasteiger partial charge in [0.25, 0.3) is 0 Å². The van der Waals surface area contributed by atoms with Crippen molar-refractivity contribution in [2.75, 3.05) is 0 Å². The first-order chi connectivity index (χ1) is 13.5. The molecular weight excluding hydrogens is 338 g/mol. The zero-order valence-electron chi connectivity index (χ0n) is 18.2. The molecule has 1 heterocycles. The molecule has 0 aliphatic heterocycles. The maximum absolute atomic E-state index is 2.46. The van der Waals surface area contributed by atoms with Gasteiger partial charge in [-0.2, -0.15) is 0 Å². The van der Waals surface area contributed by atoms with Gasteiger partial charge in [-0.05, 0) is 78.3 Å². The van der Waals surface area contributed by atoms with Gasteiger partial charge in [0, 0.05) is 6.07 Å². The van der Waals surface area contributed by atoms with Gasteiger partial charge in [0.05, 0.1) is 10.9 Å². The lowest BCUT2D eigenvalue weighted by atomic mass is 9.83. The van der Waals surface area contributed by atoms with E-state index in [-0.39, 0.29) is 0 Å². The first-order valence-electron chi connectivity index (χ1n) is 11.0. The molecule has 3 aromatic rings. The summed E-state index contributed by atoms with van der Waals surface area (Å²) in [5.74, 6) is 1.29. The highest BCUT2D eigenvalue weighted by Gasteiger charge is 2.21. The molecule has 1 aliphatic carbocycles. The van der Waals surface area contributed by atoms with Crippen molar-refractivity contribution >= 4 is 10.8 Å². The van der Waals surface area contributed by atoms with Gasteiger partial charge in [-0.15, -0.1) is 0 Å². The molecule has 0 saturated heterocycles. The molecule has 0 N–H and O–H groups in total. The van der Waals surface area contributed by atoms with Gasteiger partial charge >= 0.3 is 0 Å². The lowest BCUT2D eigenvalue weighted by Crippen LogP contribution is -2.31. The van der Waals surface area contributed by atoms with Crippen molar-refractivity contribution < 1.29 is 4.57 Å².